The van der Waals surface area contributed by atoms with Gasteiger partial charge in [-0.25, -0.2) is 0 Å². The van der Waals surface area contributed by atoms with Gasteiger partial charge in [-0.15, -0.1) is 0 Å². The summed E-state index contributed by atoms with van der Waals surface area (Å²) in [6, 6.07) is 88.7. The van der Waals surface area contributed by atoms with Crippen molar-refractivity contribution in [3.8, 4) is 66.8 Å². The van der Waals surface area contributed by atoms with Gasteiger partial charge in [-0.05, 0) is 131 Å². The maximum Gasteiger partial charge on any atom is 0.0726 e. The molecule has 0 unspecified atom stereocenters. The summed E-state index contributed by atoms with van der Waals surface area (Å²) in [4.78, 5) is 2.56. The lowest BCUT2D eigenvalue weighted by Gasteiger charge is -2.36. The summed E-state index contributed by atoms with van der Waals surface area (Å²) in [5, 5.41) is 0. The molecule has 0 atom stereocenters. The van der Waals surface area contributed by atoms with E-state index in [2.05, 4.69) is 255 Å². The fourth-order valence-electron chi connectivity index (χ4n) is 11.9. The molecule has 10 aromatic rings. The molecule has 3 aliphatic rings. The standard InChI is InChI=1S/C64H45N/c1-63(2)55-30-15-11-28-52(55)54-41-46(36-37-56(54)63)65(47-39-44(42-20-5-3-6-21-42)38-45(40-47)43-22-7-4-8-23-43)61-35-19-34-60-62(61)53-29-14-18-33-59(53)64(60)57-31-16-12-26-50(57)48-24-9-10-25-49(48)51-27-13-17-32-58(51)64/h3-41H,1-2H3. The second-order valence-corrected chi connectivity index (χ2v) is 18.4. The molecule has 0 heterocycles. The quantitative estimate of drug-likeness (QED) is 0.167. The lowest BCUT2D eigenvalue weighted by Crippen LogP contribution is -2.29. The number of hydrogen-bond acceptors (Lipinski definition) is 1. The molecule has 13 rings (SSSR count). The maximum atomic E-state index is 2.56. The van der Waals surface area contributed by atoms with E-state index in [0.29, 0.717) is 0 Å². The van der Waals surface area contributed by atoms with Crippen LogP contribution in [-0.4, -0.2) is 0 Å². The Hall–Kier alpha value is -8.00. The largest absolute Gasteiger partial charge is 0.310 e. The molecule has 0 bridgehead atoms. The van der Waals surface area contributed by atoms with Crippen molar-refractivity contribution in [1.29, 1.82) is 0 Å². The first kappa shape index (κ1) is 37.5. The number of fused-ring (bicyclic) bond motifs is 15. The average molecular weight is 828 g/mol. The highest BCUT2D eigenvalue weighted by Crippen LogP contribution is 2.64. The van der Waals surface area contributed by atoms with Crippen LogP contribution in [0.25, 0.3) is 66.8 Å². The van der Waals surface area contributed by atoms with Gasteiger partial charge in [0.1, 0.15) is 0 Å². The molecule has 0 amide bonds. The van der Waals surface area contributed by atoms with Crippen LogP contribution in [0.4, 0.5) is 17.1 Å². The molecule has 0 saturated carbocycles. The zero-order chi connectivity index (χ0) is 43.3. The van der Waals surface area contributed by atoms with Crippen LogP contribution in [0, 0.1) is 0 Å². The SMILES string of the molecule is CC1(C)c2ccccc2-c2cc(N(c3cc(-c4ccccc4)cc(-c4ccccc4)c3)c3cccc4c3-c3ccccc3C43c4ccccc4-c4ccccc4-c4ccccc43)ccc21. The normalized spacial score (nSPS) is 13.9. The molecule has 0 aliphatic heterocycles. The highest BCUT2D eigenvalue weighted by Gasteiger charge is 2.50. The molecule has 0 radical (unpaired) electrons. The van der Waals surface area contributed by atoms with Gasteiger partial charge in [-0.3, -0.25) is 0 Å². The third-order valence-electron chi connectivity index (χ3n) is 14.7. The Labute approximate surface area is 381 Å². The van der Waals surface area contributed by atoms with Crippen molar-refractivity contribution < 1.29 is 0 Å². The van der Waals surface area contributed by atoms with Gasteiger partial charge in [0.05, 0.1) is 11.1 Å². The summed E-state index contributed by atoms with van der Waals surface area (Å²) in [6.45, 7) is 4.73. The second-order valence-electron chi connectivity index (χ2n) is 18.4. The van der Waals surface area contributed by atoms with E-state index >= 15 is 0 Å². The van der Waals surface area contributed by atoms with Crippen molar-refractivity contribution in [1.82, 2.24) is 0 Å². The first-order valence-electron chi connectivity index (χ1n) is 22.8. The molecule has 3 aliphatic carbocycles. The van der Waals surface area contributed by atoms with Crippen LogP contribution in [0.1, 0.15) is 47.2 Å². The third-order valence-corrected chi connectivity index (χ3v) is 14.7. The highest BCUT2D eigenvalue weighted by atomic mass is 15.1. The number of anilines is 3. The van der Waals surface area contributed by atoms with Crippen LogP contribution in [0.3, 0.4) is 0 Å². The minimum absolute atomic E-state index is 0.111. The Balaban J connectivity index is 1.15. The minimum atomic E-state index is -0.595. The summed E-state index contributed by atoms with van der Waals surface area (Å²) in [5.41, 5.74) is 25.5. The second kappa shape index (κ2) is 14.3. The van der Waals surface area contributed by atoms with Gasteiger partial charge in [0.25, 0.3) is 0 Å². The van der Waals surface area contributed by atoms with E-state index in [0.717, 1.165) is 17.1 Å². The molecule has 0 N–H and O–H groups in total. The van der Waals surface area contributed by atoms with Crippen LogP contribution in [0.15, 0.2) is 237 Å². The molecule has 0 saturated heterocycles. The van der Waals surface area contributed by atoms with E-state index < -0.39 is 5.41 Å². The average Bonchev–Trinajstić information content (AvgIpc) is 3.75. The summed E-state index contributed by atoms with van der Waals surface area (Å²) in [7, 11) is 0. The summed E-state index contributed by atoms with van der Waals surface area (Å²) < 4.78 is 0. The molecular formula is C64H45N. The van der Waals surface area contributed by atoms with Gasteiger partial charge in [0.15, 0.2) is 0 Å². The fourth-order valence-corrected chi connectivity index (χ4v) is 11.9. The number of benzene rings is 10. The van der Waals surface area contributed by atoms with Crippen molar-refractivity contribution in [3.05, 3.63) is 270 Å². The van der Waals surface area contributed by atoms with Crippen LogP contribution in [-0.2, 0) is 10.8 Å². The highest BCUT2D eigenvalue weighted by molar-refractivity contribution is 6.02. The van der Waals surface area contributed by atoms with Crippen LogP contribution in [0.2, 0.25) is 0 Å². The first-order chi connectivity index (χ1) is 32.0. The monoisotopic (exact) mass is 827 g/mol. The van der Waals surface area contributed by atoms with Gasteiger partial charge in [0.2, 0.25) is 0 Å². The predicted octanol–water partition coefficient (Wildman–Crippen LogP) is 16.8. The third kappa shape index (κ3) is 5.39. The summed E-state index contributed by atoms with van der Waals surface area (Å²) >= 11 is 0. The zero-order valence-electron chi connectivity index (χ0n) is 36.5. The van der Waals surface area contributed by atoms with E-state index in [1.165, 1.54) is 100 Å². The molecule has 0 aromatic heterocycles. The predicted molar refractivity (Wildman–Crippen MR) is 271 cm³/mol. The van der Waals surface area contributed by atoms with Gasteiger partial charge >= 0.3 is 0 Å². The number of nitrogens with zero attached hydrogens (tertiary/aromatic N) is 1. The molecule has 65 heavy (non-hydrogen) atoms. The molecule has 0 fully saturated rings. The van der Waals surface area contributed by atoms with Crippen LogP contribution >= 0.6 is 0 Å². The summed E-state index contributed by atoms with van der Waals surface area (Å²) in [5.74, 6) is 0. The van der Waals surface area contributed by atoms with Crippen LogP contribution in [0.5, 0.6) is 0 Å². The minimum Gasteiger partial charge on any atom is -0.310 e. The van der Waals surface area contributed by atoms with Crippen molar-refractivity contribution in [3.63, 3.8) is 0 Å². The Bertz CT molecular complexity index is 3400. The fraction of sp³-hybridized carbons (Fsp3) is 0.0625. The number of hydrogen-bond donors (Lipinski definition) is 0. The molecule has 1 heteroatoms. The van der Waals surface area contributed by atoms with Crippen molar-refractivity contribution in [2.45, 2.75) is 24.7 Å². The zero-order valence-corrected chi connectivity index (χ0v) is 36.5. The lowest BCUT2D eigenvalue weighted by atomic mass is 9.66. The van der Waals surface area contributed by atoms with E-state index in [4.69, 9.17) is 0 Å². The van der Waals surface area contributed by atoms with Gasteiger partial charge in [-0.1, -0.05) is 214 Å². The van der Waals surface area contributed by atoms with E-state index in [1.807, 2.05) is 0 Å². The summed E-state index contributed by atoms with van der Waals surface area (Å²) in [6.07, 6.45) is 0. The number of rotatable bonds is 5. The molecule has 1 spiro atoms. The van der Waals surface area contributed by atoms with Crippen molar-refractivity contribution in [2.24, 2.45) is 0 Å². The Kier molecular flexibility index (Phi) is 8.24. The van der Waals surface area contributed by atoms with E-state index in [1.54, 1.807) is 0 Å². The Morgan fingerprint density at radius 1 is 0.277 bits per heavy atom. The smallest absolute Gasteiger partial charge is 0.0726 e. The van der Waals surface area contributed by atoms with E-state index in [-0.39, 0.29) is 5.41 Å². The van der Waals surface area contributed by atoms with Gasteiger partial charge in [0, 0.05) is 22.4 Å². The molecule has 10 aromatic carbocycles. The van der Waals surface area contributed by atoms with Gasteiger partial charge < -0.3 is 4.90 Å². The Morgan fingerprint density at radius 2 is 0.708 bits per heavy atom. The Morgan fingerprint density at radius 3 is 1.28 bits per heavy atom. The topological polar surface area (TPSA) is 3.24 Å². The van der Waals surface area contributed by atoms with Crippen molar-refractivity contribution in [2.75, 3.05) is 4.90 Å². The molecular weight excluding hydrogens is 783 g/mol. The molecule has 306 valence electrons. The van der Waals surface area contributed by atoms with E-state index in [9.17, 15) is 0 Å². The lowest BCUT2D eigenvalue weighted by molar-refractivity contribution is 0.660. The van der Waals surface area contributed by atoms with Gasteiger partial charge in [-0.2, -0.15) is 0 Å². The maximum absolute atomic E-state index is 2.56. The molecule has 1 nitrogen and oxygen atoms in total. The first-order valence-corrected chi connectivity index (χ1v) is 22.8. The van der Waals surface area contributed by atoms with Crippen molar-refractivity contribution >= 4 is 17.1 Å². The van der Waals surface area contributed by atoms with Crippen LogP contribution < -0.4 is 4.90 Å².